The van der Waals surface area contributed by atoms with Gasteiger partial charge in [-0.25, -0.2) is 4.79 Å². The summed E-state index contributed by atoms with van der Waals surface area (Å²) in [7, 11) is 0. The second-order valence-electron chi connectivity index (χ2n) is 7.97. The van der Waals surface area contributed by atoms with Gasteiger partial charge in [-0.15, -0.1) is 0 Å². The molecule has 0 unspecified atom stereocenters. The van der Waals surface area contributed by atoms with E-state index in [-0.39, 0.29) is 6.03 Å². The number of nitrogens with zero attached hydrogens (tertiary/aromatic N) is 3. The van der Waals surface area contributed by atoms with Crippen molar-refractivity contribution in [2.75, 3.05) is 11.9 Å². The highest BCUT2D eigenvalue weighted by atomic mass is 16.2. The third-order valence-electron chi connectivity index (χ3n) is 6.13. The first-order valence-corrected chi connectivity index (χ1v) is 8.72. The van der Waals surface area contributed by atoms with Crippen LogP contribution in [0.4, 0.5) is 10.5 Å². The molecule has 2 fully saturated rings. The van der Waals surface area contributed by atoms with E-state index < -0.39 is 0 Å². The second-order valence-corrected chi connectivity index (χ2v) is 7.97. The zero-order valence-electron chi connectivity index (χ0n) is 14.5. The Morgan fingerprint density at radius 1 is 1.25 bits per heavy atom. The van der Waals surface area contributed by atoms with E-state index in [2.05, 4.69) is 36.1 Å². The zero-order valence-corrected chi connectivity index (χ0v) is 14.5. The normalized spacial score (nSPS) is 28.1. The first-order chi connectivity index (χ1) is 11.4. The predicted octanol–water partition coefficient (Wildman–Crippen LogP) is 3.92. The largest absolute Gasteiger partial charge is 0.322 e. The first kappa shape index (κ1) is 15.4. The fourth-order valence-electron chi connectivity index (χ4n) is 4.43. The van der Waals surface area contributed by atoms with Crippen LogP contribution in [0, 0.1) is 17.3 Å². The molecule has 1 saturated heterocycles. The van der Waals surface area contributed by atoms with E-state index in [9.17, 15) is 4.79 Å². The van der Waals surface area contributed by atoms with Gasteiger partial charge in [0.25, 0.3) is 0 Å². The van der Waals surface area contributed by atoms with Crippen molar-refractivity contribution >= 4 is 22.8 Å². The Morgan fingerprint density at radius 2 is 2.00 bits per heavy atom. The molecule has 2 aromatic rings. The molecule has 1 aromatic carbocycles. The van der Waals surface area contributed by atoms with Crippen molar-refractivity contribution < 1.29 is 4.79 Å². The number of rotatable bonds is 1. The molecule has 2 amide bonds. The second kappa shape index (κ2) is 5.43. The lowest BCUT2D eigenvalue weighted by Gasteiger charge is -2.40. The van der Waals surface area contributed by atoms with Crippen LogP contribution in [0.3, 0.4) is 0 Å². The summed E-state index contributed by atoms with van der Waals surface area (Å²) in [5.74, 6) is 1.27. The maximum Gasteiger partial charge on any atom is 0.322 e. The lowest BCUT2D eigenvalue weighted by atomic mass is 9.65. The Balaban J connectivity index is 1.52. The number of anilines is 1. The average Bonchev–Trinajstić information content (AvgIpc) is 2.92. The minimum atomic E-state index is 0.00985. The van der Waals surface area contributed by atoms with E-state index in [0.29, 0.717) is 23.3 Å². The van der Waals surface area contributed by atoms with Crippen LogP contribution in [0.15, 0.2) is 30.6 Å². The fourth-order valence-corrected chi connectivity index (χ4v) is 4.43. The molecule has 5 heteroatoms. The van der Waals surface area contributed by atoms with Crippen LogP contribution in [0.1, 0.15) is 33.6 Å². The van der Waals surface area contributed by atoms with E-state index in [4.69, 9.17) is 0 Å². The summed E-state index contributed by atoms with van der Waals surface area (Å²) in [5, 5.41) is 3.05. The molecule has 5 nitrogen and oxygen atoms in total. The smallest absolute Gasteiger partial charge is 0.321 e. The van der Waals surface area contributed by atoms with Gasteiger partial charge in [0.2, 0.25) is 0 Å². The molecule has 4 rings (SSSR count). The molecule has 24 heavy (non-hydrogen) atoms. The van der Waals surface area contributed by atoms with Gasteiger partial charge in [-0.05, 0) is 48.3 Å². The maximum absolute atomic E-state index is 12.8. The summed E-state index contributed by atoms with van der Waals surface area (Å²) < 4.78 is 0. The van der Waals surface area contributed by atoms with Crippen LogP contribution < -0.4 is 5.32 Å². The number of likely N-dealkylation sites (tertiary alicyclic amines) is 1. The van der Waals surface area contributed by atoms with E-state index in [1.165, 1.54) is 0 Å². The van der Waals surface area contributed by atoms with Gasteiger partial charge in [0.15, 0.2) is 0 Å². The summed E-state index contributed by atoms with van der Waals surface area (Å²) in [6.45, 7) is 7.87. The topological polar surface area (TPSA) is 58.1 Å². The van der Waals surface area contributed by atoms with Gasteiger partial charge in [-0.3, -0.25) is 9.97 Å². The molecule has 2 heterocycles. The number of amides is 2. The Kier molecular flexibility index (Phi) is 3.48. The van der Waals surface area contributed by atoms with Gasteiger partial charge in [-0.2, -0.15) is 0 Å². The molecule has 2 aliphatic rings. The Labute approximate surface area is 142 Å². The number of hydrogen-bond acceptors (Lipinski definition) is 3. The van der Waals surface area contributed by atoms with E-state index in [1.807, 2.05) is 23.1 Å². The quantitative estimate of drug-likeness (QED) is 0.865. The molecule has 2 bridgehead atoms. The standard InChI is InChI=1S/C19H24N4O/c1-12-13-8-15(10-19(12,2)3)23(11-13)18(24)22-14-4-5-16-17(9-14)21-7-6-20-16/h4-7,9,12-13,15H,8,10-11H2,1-3H3,(H,22,24)/t12-,13+,15+/m1/s1. The molecule has 126 valence electrons. The van der Waals surface area contributed by atoms with Crippen LogP contribution in [0.5, 0.6) is 0 Å². The van der Waals surface area contributed by atoms with Gasteiger partial charge in [-0.1, -0.05) is 20.8 Å². The van der Waals surface area contributed by atoms with Crippen molar-refractivity contribution in [3.05, 3.63) is 30.6 Å². The minimum Gasteiger partial charge on any atom is -0.321 e. The molecule has 0 spiro atoms. The van der Waals surface area contributed by atoms with Crippen molar-refractivity contribution in [2.45, 2.75) is 39.7 Å². The number of aromatic nitrogens is 2. The van der Waals surface area contributed by atoms with E-state index >= 15 is 0 Å². The highest BCUT2D eigenvalue weighted by molar-refractivity contribution is 5.92. The average molecular weight is 324 g/mol. The van der Waals surface area contributed by atoms with E-state index in [1.54, 1.807) is 12.4 Å². The Morgan fingerprint density at radius 3 is 2.79 bits per heavy atom. The van der Waals surface area contributed by atoms with Crippen LogP contribution in [0.25, 0.3) is 11.0 Å². The van der Waals surface area contributed by atoms with Crippen molar-refractivity contribution in [1.29, 1.82) is 0 Å². The SMILES string of the molecule is C[C@@H]1[C@H]2C[C@@H](CC1(C)C)N(C(=O)Nc1ccc3nccnc3c1)C2. The molecule has 1 aromatic heterocycles. The number of benzene rings is 1. The van der Waals surface area contributed by atoms with Crippen molar-refractivity contribution in [2.24, 2.45) is 17.3 Å². The minimum absolute atomic E-state index is 0.00985. The fraction of sp³-hybridized carbons (Fsp3) is 0.526. The predicted molar refractivity (Wildman–Crippen MR) is 94.7 cm³/mol. The molecule has 1 aliphatic heterocycles. The summed E-state index contributed by atoms with van der Waals surface area (Å²) >= 11 is 0. The number of fused-ring (bicyclic) bond motifs is 3. The highest BCUT2D eigenvalue weighted by Crippen LogP contribution is 2.49. The number of carbonyl (C=O) groups excluding carboxylic acids is 1. The van der Waals surface area contributed by atoms with Gasteiger partial charge in [0.05, 0.1) is 11.0 Å². The molecule has 3 atom stereocenters. The van der Waals surface area contributed by atoms with Crippen LogP contribution in [0.2, 0.25) is 0 Å². The molecular weight excluding hydrogens is 300 g/mol. The summed E-state index contributed by atoms with van der Waals surface area (Å²) in [6.07, 6.45) is 5.57. The molecular formula is C19H24N4O. The number of urea groups is 1. The zero-order chi connectivity index (χ0) is 16.9. The number of hydrogen-bond donors (Lipinski definition) is 1. The third kappa shape index (κ3) is 2.52. The van der Waals surface area contributed by atoms with Crippen LogP contribution in [-0.2, 0) is 0 Å². The molecule has 1 N–H and O–H groups in total. The Bertz CT molecular complexity index is 788. The maximum atomic E-state index is 12.8. The lowest BCUT2D eigenvalue weighted by molar-refractivity contribution is 0.104. The number of carbonyl (C=O) groups is 1. The summed E-state index contributed by atoms with van der Waals surface area (Å²) in [4.78, 5) is 23.4. The molecule has 1 saturated carbocycles. The van der Waals surface area contributed by atoms with Gasteiger partial charge >= 0.3 is 6.03 Å². The van der Waals surface area contributed by atoms with Gasteiger partial charge in [0.1, 0.15) is 0 Å². The summed E-state index contributed by atoms with van der Waals surface area (Å²) in [5.41, 5.74) is 2.72. The molecule has 0 radical (unpaired) electrons. The first-order valence-electron chi connectivity index (χ1n) is 8.72. The summed E-state index contributed by atoms with van der Waals surface area (Å²) in [6, 6.07) is 6.04. The third-order valence-corrected chi connectivity index (χ3v) is 6.13. The Hall–Kier alpha value is -2.17. The highest BCUT2D eigenvalue weighted by Gasteiger charge is 2.48. The van der Waals surface area contributed by atoms with Crippen molar-refractivity contribution in [1.82, 2.24) is 14.9 Å². The van der Waals surface area contributed by atoms with Gasteiger partial charge < -0.3 is 10.2 Å². The van der Waals surface area contributed by atoms with Crippen LogP contribution in [-0.4, -0.2) is 33.5 Å². The number of nitrogens with one attached hydrogen (secondary N) is 1. The van der Waals surface area contributed by atoms with Crippen molar-refractivity contribution in [3.63, 3.8) is 0 Å². The van der Waals surface area contributed by atoms with Crippen molar-refractivity contribution in [3.8, 4) is 0 Å². The monoisotopic (exact) mass is 324 g/mol. The molecule has 1 aliphatic carbocycles. The van der Waals surface area contributed by atoms with Crippen LogP contribution >= 0.6 is 0 Å². The van der Waals surface area contributed by atoms with Gasteiger partial charge in [0, 0.05) is 30.7 Å². The lowest BCUT2D eigenvalue weighted by Crippen LogP contribution is -2.41. The van der Waals surface area contributed by atoms with E-state index in [0.717, 1.165) is 36.1 Å².